The summed E-state index contributed by atoms with van der Waals surface area (Å²) in [7, 11) is 0. The molecule has 0 bridgehead atoms. The highest BCUT2D eigenvalue weighted by Gasteiger charge is 2.32. The lowest BCUT2D eigenvalue weighted by Gasteiger charge is -2.29. The molecule has 0 saturated carbocycles. The van der Waals surface area contributed by atoms with Crippen LogP contribution < -0.4 is 11.5 Å². The maximum Gasteiger partial charge on any atom is 0.00488 e. The molecule has 0 heterocycles. The van der Waals surface area contributed by atoms with Crippen molar-refractivity contribution in [3.05, 3.63) is 35.1 Å². The van der Waals surface area contributed by atoms with Gasteiger partial charge in [0.25, 0.3) is 0 Å². The van der Waals surface area contributed by atoms with Gasteiger partial charge in [0.15, 0.2) is 0 Å². The van der Waals surface area contributed by atoms with Crippen LogP contribution in [0, 0.1) is 17.8 Å². The molecular formula is C18H32N2. The summed E-state index contributed by atoms with van der Waals surface area (Å²) < 4.78 is 0. The first-order valence-corrected chi connectivity index (χ1v) is 8.01. The minimum Gasteiger partial charge on any atom is -0.402 e. The van der Waals surface area contributed by atoms with Crippen molar-refractivity contribution in [1.29, 1.82) is 0 Å². The molecule has 3 atom stereocenters. The average Bonchev–Trinajstić information content (AvgIpc) is 2.85. The molecule has 20 heavy (non-hydrogen) atoms. The average molecular weight is 276 g/mol. The molecule has 1 aliphatic carbocycles. The third-order valence-corrected chi connectivity index (χ3v) is 4.65. The molecule has 4 N–H and O–H groups in total. The van der Waals surface area contributed by atoms with E-state index in [-0.39, 0.29) is 0 Å². The molecule has 2 nitrogen and oxygen atoms in total. The minimum absolute atomic E-state index is 0.601. The molecule has 0 amide bonds. The third kappa shape index (κ3) is 4.52. The first-order chi connectivity index (χ1) is 9.53. The predicted octanol–water partition coefficient (Wildman–Crippen LogP) is 4.14. The van der Waals surface area contributed by atoms with E-state index in [1.54, 1.807) is 5.57 Å². The van der Waals surface area contributed by atoms with Crippen molar-refractivity contribution in [1.82, 2.24) is 0 Å². The topological polar surface area (TPSA) is 52.0 Å². The second-order valence-corrected chi connectivity index (χ2v) is 6.17. The molecule has 3 unspecified atom stereocenters. The van der Waals surface area contributed by atoms with E-state index in [1.807, 2.05) is 13.0 Å². The van der Waals surface area contributed by atoms with Crippen molar-refractivity contribution in [2.45, 2.75) is 53.4 Å². The molecule has 0 saturated heterocycles. The second-order valence-electron chi connectivity index (χ2n) is 6.17. The fourth-order valence-corrected chi connectivity index (χ4v) is 3.49. The highest BCUT2D eigenvalue weighted by Crippen LogP contribution is 2.41. The maximum atomic E-state index is 6.03. The van der Waals surface area contributed by atoms with E-state index in [4.69, 9.17) is 11.5 Å². The van der Waals surface area contributed by atoms with Crippen molar-refractivity contribution in [2.24, 2.45) is 29.2 Å². The van der Waals surface area contributed by atoms with E-state index >= 15 is 0 Å². The zero-order valence-electron chi connectivity index (χ0n) is 13.7. The zero-order valence-corrected chi connectivity index (χ0v) is 13.7. The van der Waals surface area contributed by atoms with Gasteiger partial charge in [0.1, 0.15) is 0 Å². The minimum atomic E-state index is 0.601. The van der Waals surface area contributed by atoms with Crippen LogP contribution >= 0.6 is 0 Å². The van der Waals surface area contributed by atoms with Crippen LogP contribution in [0.15, 0.2) is 35.1 Å². The van der Waals surface area contributed by atoms with Crippen LogP contribution in [0.4, 0.5) is 0 Å². The van der Waals surface area contributed by atoms with Gasteiger partial charge in [0, 0.05) is 5.70 Å². The first kappa shape index (κ1) is 17.0. The SMILES string of the molecule is CCC1=CCC(C(CC)C/C(C)=C/C=C(\C)N)C1CN. The highest BCUT2D eigenvalue weighted by atomic mass is 14.6. The summed E-state index contributed by atoms with van der Waals surface area (Å²) in [4.78, 5) is 0. The zero-order chi connectivity index (χ0) is 15.1. The monoisotopic (exact) mass is 276 g/mol. The van der Waals surface area contributed by atoms with Gasteiger partial charge in [-0.25, -0.2) is 0 Å². The van der Waals surface area contributed by atoms with Crippen molar-refractivity contribution >= 4 is 0 Å². The molecule has 0 fully saturated rings. The van der Waals surface area contributed by atoms with Crippen LogP contribution in [0.1, 0.15) is 53.4 Å². The van der Waals surface area contributed by atoms with E-state index in [0.717, 1.165) is 36.9 Å². The van der Waals surface area contributed by atoms with E-state index in [2.05, 4.69) is 32.9 Å². The summed E-state index contributed by atoms with van der Waals surface area (Å²) in [5.74, 6) is 2.06. The number of rotatable bonds is 7. The van der Waals surface area contributed by atoms with Crippen molar-refractivity contribution < 1.29 is 0 Å². The summed E-state index contributed by atoms with van der Waals surface area (Å²) in [6, 6.07) is 0. The molecule has 0 aromatic carbocycles. The van der Waals surface area contributed by atoms with Gasteiger partial charge < -0.3 is 11.5 Å². The standard InChI is InChI=1S/C18H32N2/c1-5-15-9-10-17(18(15)12-19)16(6-2)11-13(3)7-8-14(4)20/h7-9,16-18H,5-6,10-12,19-20H2,1-4H3/b13-7+,14-8+. The van der Waals surface area contributed by atoms with Gasteiger partial charge in [-0.05, 0) is 63.5 Å². The van der Waals surface area contributed by atoms with E-state index < -0.39 is 0 Å². The first-order valence-electron chi connectivity index (χ1n) is 8.01. The molecule has 114 valence electrons. The van der Waals surface area contributed by atoms with Crippen LogP contribution in [-0.2, 0) is 0 Å². The number of hydrogen-bond acceptors (Lipinski definition) is 2. The summed E-state index contributed by atoms with van der Waals surface area (Å²) >= 11 is 0. The summed E-state index contributed by atoms with van der Waals surface area (Å²) in [5, 5.41) is 0. The van der Waals surface area contributed by atoms with Crippen LogP contribution in [-0.4, -0.2) is 6.54 Å². The molecule has 0 aromatic rings. The molecule has 0 radical (unpaired) electrons. The highest BCUT2D eigenvalue weighted by molar-refractivity contribution is 5.18. The van der Waals surface area contributed by atoms with Crippen molar-refractivity contribution in [2.75, 3.05) is 6.54 Å². The maximum absolute atomic E-state index is 6.03. The van der Waals surface area contributed by atoms with Gasteiger partial charge in [0.05, 0.1) is 0 Å². The van der Waals surface area contributed by atoms with Crippen molar-refractivity contribution in [3.63, 3.8) is 0 Å². The Morgan fingerprint density at radius 3 is 2.55 bits per heavy atom. The summed E-state index contributed by atoms with van der Waals surface area (Å²) in [6.45, 7) is 9.49. The Bertz CT molecular complexity index is 386. The van der Waals surface area contributed by atoms with Crippen LogP contribution in [0.2, 0.25) is 0 Å². The van der Waals surface area contributed by atoms with Gasteiger partial charge >= 0.3 is 0 Å². The number of hydrogen-bond donors (Lipinski definition) is 2. The van der Waals surface area contributed by atoms with Crippen LogP contribution in [0.3, 0.4) is 0 Å². The molecule has 0 spiro atoms. The largest absolute Gasteiger partial charge is 0.402 e. The Morgan fingerprint density at radius 1 is 1.35 bits per heavy atom. The molecule has 1 rings (SSSR count). The lowest BCUT2D eigenvalue weighted by atomic mass is 9.76. The van der Waals surface area contributed by atoms with E-state index in [1.165, 1.54) is 18.4 Å². The second kappa shape index (κ2) is 8.31. The fraction of sp³-hybridized carbons (Fsp3) is 0.667. The van der Waals surface area contributed by atoms with Gasteiger partial charge in [-0.2, -0.15) is 0 Å². The molecule has 0 aliphatic heterocycles. The summed E-state index contributed by atoms with van der Waals surface area (Å²) in [5.41, 5.74) is 15.6. The Balaban J connectivity index is 2.72. The molecule has 0 aromatic heterocycles. The number of nitrogens with two attached hydrogens (primary N) is 2. The van der Waals surface area contributed by atoms with Gasteiger partial charge in [-0.15, -0.1) is 0 Å². The lowest BCUT2D eigenvalue weighted by Crippen LogP contribution is -2.27. The molecule has 1 aliphatic rings. The van der Waals surface area contributed by atoms with E-state index in [0.29, 0.717) is 5.92 Å². The number of allylic oxidation sites excluding steroid dienone is 5. The fourth-order valence-electron chi connectivity index (χ4n) is 3.49. The Hall–Kier alpha value is -1.02. The summed E-state index contributed by atoms with van der Waals surface area (Å²) in [6.07, 6.45) is 11.4. The van der Waals surface area contributed by atoms with Gasteiger partial charge in [0.2, 0.25) is 0 Å². The lowest BCUT2D eigenvalue weighted by molar-refractivity contribution is 0.264. The quantitative estimate of drug-likeness (QED) is 0.542. The van der Waals surface area contributed by atoms with Crippen LogP contribution in [0.5, 0.6) is 0 Å². The molecular weight excluding hydrogens is 244 g/mol. The van der Waals surface area contributed by atoms with Gasteiger partial charge in [-0.3, -0.25) is 0 Å². The van der Waals surface area contributed by atoms with Crippen LogP contribution in [0.25, 0.3) is 0 Å². The van der Waals surface area contributed by atoms with E-state index in [9.17, 15) is 0 Å². The Labute approximate surface area is 125 Å². The Kier molecular flexibility index (Phi) is 7.08. The smallest absolute Gasteiger partial charge is 0.00488 e. The molecule has 2 heteroatoms. The normalized spacial score (nSPS) is 25.8. The Morgan fingerprint density at radius 2 is 2.05 bits per heavy atom. The predicted molar refractivity (Wildman–Crippen MR) is 89.1 cm³/mol. The van der Waals surface area contributed by atoms with Gasteiger partial charge in [-0.1, -0.05) is 43.6 Å². The third-order valence-electron chi connectivity index (χ3n) is 4.65. The van der Waals surface area contributed by atoms with Crippen molar-refractivity contribution in [3.8, 4) is 0 Å².